The van der Waals surface area contributed by atoms with E-state index in [2.05, 4.69) is 0 Å². The van der Waals surface area contributed by atoms with Gasteiger partial charge in [0, 0.05) is 37.0 Å². The number of amides is 4. The van der Waals surface area contributed by atoms with Gasteiger partial charge in [0.15, 0.2) is 0 Å². The molecule has 4 aromatic rings. The number of carbonyl (C=O) groups is 4. The molecule has 0 fully saturated rings. The summed E-state index contributed by atoms with van der Waals surface area (Å²) in [6, 6.07) is 9.64. The van der Waals surface area contributed by atoms with E-state index in [1.807, 2.05) is 32.0 Å². The molecule has 0 saturated carbocycles. The van der Waals surface area contributed by atoms with Crippen LogP contribution in [0.15, 0.2) is 76.8 Å². The maximum Gasteiger partial charge on any atom is 0.224 e. The average molecular weight is 1030 g/mol. The molecule has 4 unspecified atom stereocenters. The van der Waals surface area contributed by atoms with Crippen molar-refractivity contribution >= 4 is 80.7 Å². The summed E-state index contributed by atoms with van der Waals surface area (Å²) in [7, 11) is 0. The smallest absolute Gasteiger partial charge is 0.224 e. The van der Waals surface area contributed by atoms with Gasteiger partial charge in [-0.25, -0.2) is 0 Å². The van der Waals surface area contributed by atoms with Crippen molar-refractivity contribution in [2.45, 2.75) is 130 Å². The van der Waals surface area contributed by atoms with E-state index in [0.717, 1.165) is 33.4 Å². The summed E-state index contributed by atoms with van der Waals surface area (Å²) in [5.74, 6) is -8.81. The predicted octanol–water partition coefficient (Wildman–Crippen LogP) is 12.3. The molecule has 0 spiro atoms. The maximum absolute atomic E-state index is 11.9. The summed E-state index contributed by atoms with van der Waals surface area (Å²) in [4.78, 5) is 47.5. The van der Waals surface area contributed by atoms with Gasteiger partial charge in [-0.05, 0) is 260 Å². The summed E-state index contributed by atoms with van der Waals surface area (Å²) in [6.45, 7) is 7.16. The van der Waals surface area contributed by atoms with Crippen LogP contribution >= 0.6 is 34.8 Å². The number of primary amides is 4. The molecule has 0 radical (unpaired) electrons. The predicted molar refractivity (Wildman–Crippen MR) is 288 cm³/mol. The van der Waals surface area contributed by atoms with Crippen molar-refractivity contribution in [3.63, 3.8) is 0 Å². The zero-order valence-electron chi connectivity index (χ0n) is 59.4. The summed E-state index contributed by atoms with van der Waals surface area (Å²) in [6.07, 6.45) is -17.9. The Hall–Kier alpha value is -5.41. The molecule has 4 atom stereocenters. The van der Waals surface area contributed by atoms with Crippen molar-refractivity contribution in [3.8, 4) is 0 Å². The fraction of sp³-hybridized carbons (Fsp3) is 0.400. The van der Waals surface area contributed by atoms with E-state index in [1.165, 1.54) is 0 Å². The van der Waals surface area contributed by atoms with Crippen LogP contribution in [0.5, 0.6) is 0 Å². The highest BCUT2D eigenvalue weighted by molar-refractivity contribution is 6.32. The highest BCUT2D eigenvalue weighted by atomic mass is 35.5. The second kappa shape index (κ2) is 20.6. The molecule has 8 nitrogen and oxygen atoms in total. The molecular weight excluding hydrogens is 947 g/mol. The van der Waals surface area contributed by atoms with Crippen molar-refractivity contribution in [2.75, 3.05) is 0 Å². The van der Waals surface area contributed by atoms with Gasteiger partial charge in [0.2, 0.25) is 23.6 Å². The Morgan fingerprint density at radius 2 is 0.930 bits per heavy atom. The van der Waals surface area contributed by atoms with E-state index in [-0.39, 0.29) is 55.3 Å². The van der Waals surface area contributed by atoms with E-state index in [0.29, 0.717) is 113 Å². The van der Waals surface area contributed by atoms with Crippen molar-refractivity contribution in [3.05, 3.63) is 159 Å². The minimum atomic E-state index is -2.39. The SMILES string of the molecule is [2H]c1c(C)c(Cl)cc2c1CC1=C2CC([2H])([2H])C([2H])([2H])C1C(N)=O.[2H]c1c(C)ccc2c1C1=C(C2)C(C(N)=O)C([2H])([2H])C([2H])([2H])C1.[2H]c1c(Cl)c(C)cc2c1C1=C(C2)C(C(N)=O)C([2H])([2H])C([2H])([2H])C1.[2H]c1c(Cl)cc(C)c2c1C1=C(C2)C(C(N)=O)C([2H])([2H])C([2H])([2H])C1. The monoisotopic (exact) mass is 1030 g/mol. The third kappa shape index (κ3) is 9.93. The number of hydrogen-bond donors (Lipinski definition) is 4. The van der Waals surface area contributed by atoms with Crippen molar-refractivity contribution in [1.29, 1.82) is 0 Å². The Morgan fingerprint density at radius 3 is 1.45 bits per heavy atom. The largest absolute Gasteiger partial charge is 0.369 e. The van der Waals surface area contributed by atoms with Crippen LogP contribution in [0.4, 0.5) is 0 Å². The van der Waals surface area contributed by atoms with Gasteiger partial charge in [0.1, 0.15) is 0 Å². The van der Waals surface area contributed by atoms with Crippen molar-refractivity contribution in [2.24, 2.45) is 46.6 Å². The first-order chi connectivity index (χ1) is 41.5. The highest BCUT2D eigenvalue weighted by Gasteiger charge is 2.37. The first kappa shape index (κ1) is 31.2. The average Bonchev–Trinajstić information content (AvgIpc) is 1.66. The molecule has 4 amide bonds. The van der Waals surface area contributed by atoms with Crippen LogP contribution in [0, 0.1) is 51.4 Å². The number of rotatable bonds is 4. The normalized spacial score (nSPS) is 31.7. The molecular formula is C60H65Cl3N4O4. The van der Waals surface area contributed by atoms with Crippen molar-refractivity contribution < 1.29 is 46.6 Å². The molecule has 0 aromatic heterocycles. The molecule has 8 N–H and O–H groups in total. The van der Waals surface area contributed by atoms with Gasteiger partial charge in [-0.3, -0.25) is 19.2 Å². The molecule has 0 aliphatic heterocycles. The summed E-state index contributed by atoms with van der Waals surface area (Å²) in [5, 5.41) is 0.967. The summed E-state index contributed by atoms with van der Waals surface area (Å²) >= 11 is 18.4. The van der Waals surface area contributed by atoms with Crippen LogP contribution in [0.3, 0.4) is 0 Å². The molecule has 0 heterocycles. The lowest BCUT2D eigenvalue weighted by Crippen LogP contribution is -2.27. The Morgan fingerprint density at radius 1 is 0.479 bits per heavy atom. The number of carbonyl (C=O) groups excluding carboxylic acids is 4. The lowest BCUT2D eigenvalue weighted by molar-refractivity contribution is -0.121. The number of halogens is 3. The highest BCUT2D eigenvalue weighted by Crippen LogP contribution is 2.49. The number of fused-ring (bicyclic) bond motifs is 8. The third-order valence-electron chi connectivity index (χ3n) is 14.0. The van der Waals surface area contributed by atoms with Gasteiger partial charge in [-0.15, -0.1) is 0 Å². The van der Waals surface area contributed by atoms with E-state index < -0.39 is 98.3 Å². The molecule has 0 bridgehead atoms. The number of nitrogens with two attached hydrogens (primary N) is 4. The van der Waals surface area contributed by atoms with E-state index in [9.17, 15) is 19.2 Å². The van der Waals surface area contributed by atoms with Gasteiger partial charge in [0.25, 0.3) is 0 Å². The van der Waals surface area contributed by atoms with Gasteiger partial charge in [-0.1, -0.05) is 70.7 Å². The number of benzene rings is 4. The lowest BCUT2D eigenvalue weighted by atomic mass is 9.82. The van der Waals surface area contributed by atoms with Crippen LogP contribution in [-0.4, -0.2) is 23.6 Å². The molecule has 11 heteroatoms. The number of aryl methyl sites for hydroxylation is 3. The molecule has 12 rings (SSSR count). The molecule has 71 heavy (non-hydrogen) atoms. The van der Waals surface area contributed by atoms with Gasteiger partial charge < -0.3 is 22.9 Å². The Bertz CT molecular complexity index is 4060. The van der Waals surface area contributed by atoms with Crippen LogP contribution in [0.25, 0.3) is 22.3 Å². The fourth-order valence-corrected chi connectivity index (χ4v) is 11.1. The van der Waals surface area contributed by atoms with Crippen LogP contribution < -0.4 is 22.9 Å². The zero-order chi connectivity index (χ0) is 68.4. The van der Waals surface area contributed by atoms with Crippen LogP contribution in [0.1, 0.15) is 171 Å². The van der Waals surface area contributed by atoms with E-state index >= 15 is 0 Å². The lowest BCUT2D eigenvalue weighted by Gasteiger charge is -2.22. The summed E-state index contributed by atoms with van der Waals surface area (Å²) in [5.41, 5.74) is 34.2. The number of allylic oxidation sites excluding steroid dienone is 4. The Labute approximate surface area is 461 Å². The van der Waals surface area contributed by atoms with Gasteiger partial charge >= 0.3 is 0 Å². The quantitative estimate of drug-likeness (QED) is 0.159. The molecule has 0 saturated heterocycles. The van der Waals surface area contributed by atoms with E-state index in [4.69, 9.17) is 85.2 Å². The second-order valence-electron chi connectivity index (χ2n) is 18.6. The summed E-state index contributed by atoms with van der Waals surface area (Å²) < 4.78 is 162. The van der Waals surface area contributed by atoms with Gasteiger partial charge in [-0.2, -0.15) is 0 Å². The minimum absolute atomic E-state index is 0.0961. The molecule has 8 aliphatic rings. The second-order valence-corrected chi connectivity index (χ2v) is 19.7. The minimum Gasteiger partial charge on any atom is -0.369 e. The van der Waals surface area contributed by atoms with E-state index in [1.54, 1.807) is 26.0 Å². The topological polar surface area (TPSA) is 172 Å². The van der Waals surface area contributed by atoms with Crippen LogP contribution in [0.2, 0.25) is 15.1 Å². The first-order valence-electron chi connectivity index (χ1n) is 33.1. The fourth-order valence-electron chi connectivity index (χ4n) is 10.5. The van der Waals surface area contributed by atoms with Gasteiger partial charge in [0.05, 0.1) is 29.2 Å². The standard InChI is InChI=1S/3C15H16ClNO.C15H17NO/c2*1-8-5-9-6-13-10(12(9)7-14(8)16)3-2-4-11(13)15(17)18;1-8-5-9(16)6-13-10-3-2-4-11(15(17)18)14(10)7-12(8)13;1-9-5-6-10-8-14-11(13(10)7-9)3-2-4-12(14)15(16)17/h2*5,7,11H,2-4,6H2,1H3,(H2,17,18);5-6,11H,2-4,7H2,1H3,(H2,17,18);5-7,12H,2-4,8H2,1H3,(H2,16,17)/i2D2,4D2,7D;2D2,4D2,5D;2D2,4D2,6D;2D2,4D2,7D. The van der Waals surface area contributed by atoms with Crippen LogP contribution in [-0.2, 0) is 44.9 Å². The molecule has 8 aliphatic carbocycles. The Kier molecular flexibility index (Phi) is 9.07. The Balaban J connectivity index is 0.000000144. The third-order valence-corrected chi connectivity index (χ3v) is 15.0. The zero-order valence-corrected chi connectivity index (χ0v) is 41.7. The first-order valence-corrected chi connectivity index (χ1v) is 24.2. The molecule has 4 aromatic carbocycles. The number of hydrogen-bond acceptors (Lipinski definition) is 4. The maximum atomic E-state index is 11.9. The molecule has 370 valence electrons. The van der Waals surface area contributed by atoms with Crippen molar-refractivity contribution in [1.82, 2.24) is 0 Å².